The lowest BCUT2D eigenvalue weighted by Gasteiger charge is -2.24. The fraction of sp³-hybridized carbons (Fsp3) is 0.200. The number of hydrogen-bond donors (Lipinski definition) is 1. The molecule has 0 spiro atoms. The number of aliphatic hydroxyl groups excluding tert-OH is 1. The van der Waals surface area contributed by atoms with Crippen molar-refractivity contribution in [1.29, 1.82) is 0 Å². The van der Waals surface area contributed by atoms with Gasteiger partial charge in [-0.15, -0.1) is 0 Å². The van der Waals surface area contributed by atoms with Crippen molar-refractivity contribution in [3.63, 3.8) is 0 Å². The van der Waals surface area contributed by atoms with E-state index in [2.05, 4.69) is 0 Å². The molecule has 2 heterocycles. The number of halogens is 1. The molecule has 2 aromatic carbocycles. The van der Waals surface area contributed by atoms with E-state index in [-0.39, 0.29) is 23.7 Å². The molecular formula is C20H16ClNO4. The summed E-state index contributed by atoms with van der Waals surface area (Å²) in [5.41, 5.74) is 1.31. The highest BCUT2D eigenvalue weighted by Crippen LogP contribution is 2.38. The van der Waals surface area contributed by atoms with Gasteiger partial charge in [0.05, 0.1) is 17.0 Å². The van der Waals surface area contributed by atoms with Crippen LogP contribution in [0.1, 0.15) is 34.1 Å². The van der Waals surface area contributed by atoms with Crippen LogP contribution in [-0.2, 0) is 0 Å². The SMILES string of the molecule is O=C1c2oc3ccccc3c(=O)c2[C@H](c2ccc(Cl)cc2)N1CCCO. The highest BCUT2D eigenvalue weighted by Gasteiger charge is 2.42. The summed E-state index contributed by atoms with van der Waals surface area (Å²) in [5.74, 6) is -0.261. The minimum atomic E-state index is -0.554. The maximum absolute atomic E-state index is 13.1. The van der Waals surface area contributed by atoms with Gasteiger partial charge in [0.15, 0.2) is 5.43 Å². The molecule has 0 aliphatic carbocycles. The Hall–Kier alpha value is -2.63. The fourth-order valence-electron chi connectivity index (χ4n) is 3.43. The van der Waals surface area contributed by atoms with Gasteiger partial charge in [0, 0.05) is 18.2 Å². The van der Waals surface area contributed by atoms with E-state index in [0.29, 0.717) is 34.5 Å². The molecule has 4 rings (SSSR count). The zero-order valence-corrected chi connectivity index (χ0v) is 14.6. The molecule has 6 heteroatoms. The Morgan fingerprint density at radius 1 is 1.08 bits per heavy atom. The second kappa shape index (κ2) is 6.59. The van der Waals surface area contributed by atoms with Gasteiger partial charge in [0.25, 0.3) is 5.91 Å². The molecule has 26 heavy (non-hydrogen) atoms. The average Bonchev–Trinajstić information content (AvgIpc) is 2.93. The van der Waals surface area contributed by atoms with Crippen LogP contribution < -0.4 is 5.43 Å². The maximum atomic E-state index is 13.1. The van der Waals surface area contributed by atoms with Gasteiger partial charge < -0.3 is 14.4 Å². The van der Waals surface area contributed by atoms with Gasteiger partial charge in [-0.3, -0.25) is 9.59 Å². The summed E-state index contributed by atoms with van der Waals surface area (Å²) in [7, 11) is 0. The second-order valence-corrected chi connectivity index (χ2v) is 6.64. The van der Waals surface area contributed by atoms with Crippen LogP contribution in [0.5, 0.6) is 0 Å². The topological polar surface area (TPSA) is 70.8 Å². The minimum Gasteiger partial charge on any atom is -0.450 e. The lowest BCUT2D eigenvalue weighted by molar-refractivity contribution is 0.0716. The third kappa shape index (κ3) is 2.60. The lowest BCUT2D eigenvalue weighted by Crippen LogP contribution is -2.31. The molecule has 0 fully saturated rings. The Morgan fingerprint density at radius 2 is 1.81 bits per heavy atom. The van der Waals surface area contributed by atoms with Crippen molar-refractivity contribution in [1.82, 2.24) is 4.90 Å². The summed E-state index contributed by atoms with van der Waals surface area (Å²) in [4.78, 5) is 27.6. The van der Waals surface area contributed by atoms with Crippen molar-refractivity contribution in [2.75, 3.05) is 13.2 Å². The van der Waals surface area contributed by atoms with E-state index in [9.17, 15) is 14.7 Å². The molecule has 0 bridgehead atoms. The van der Waals surface area contributed by atoms with Crippen LogP contribution >= 0.6 is 11.6 Å². The number of hydrogen-bond acceptors (Lipinski definition) is 4. The standard InChI is InChI=1S/C20H16ClNO4/c21-13-8-6-12(7-9-13)17-16-18(24)14-4-1-2-5-15(14)26-19(16)20(25)22(17)10-3-11-23/h1-2,4-9,17,23H,3,10-11H2/t17-/m0/s1. The van der Waals surface area contributed by atoms with Crippen molar-refractivity contribution in [2.45, 2.75) is 12.5 Å². The van der Waals surface area contributed by atoms with E-state index in [1.54, 1.807) is 53.4 Å². The summed E-state index contributed by atoms with van der Waals surface area (Å²) in [5, 5.41) is 10.2. The average molecular weight is 370 g/mol. The monoisotopic (exact) mass is 369 g/mol. The van der Waals surface area contributed by atoms with Gasteiger partial charge in [-0.2, -0.15) is 0 Å². The van der Waals surface area contributed by atoms with E-state index in [1.807, 2.05) is 0 Å². The van der Waals surface area contributed by atoms with Crippen LogP contribution in [0.25, 0.3) is 11.0 Å². The van der Waals surface area contributed by atoms with Gasteiger partial charge >= 0.3 is 0 Å². The Kier molecular flexibility index (Phi) is 4.26. The number of amides is 1. The van der Waals surface area contributed by atoms with Crippen LogP contribution in [0.15, 0.2) is 57.7 Å². The number of carbonyl (C=O) groups excluding carboxylic acids is 1. The quantitative estimate of drug-likeness (QED) is 0.765. The zero-order chi connectivity index (χ0) is 18.3. The summed E-state index contributed by atoms with van der Waals surface area (Å²) >= 11 is 5.98. The first-order valence-electron chi connectivity index (χ1n) is 8.35. The molecule has 1 N–H and O–H groups in total. The van der Waals surface area contributed by atoms with Crippen LogP contribution in [0.3, 0.4) is 0 Å². The first-order valence-corrected chi connectivity index (χ1v) is 8.72. The molecule has 0 unspecified atom stereocenters. The van der Waals surface area contributed by atoms with Crippen LogP contribution in [-0.4, -0.2) is 29.1 Å². The number of para-hydroxylation sites is 1. The molecule has 1 aliphatic rings. The number of fused-ring (bicyclic) bond motifs is 2. The number of benzene rings is 2. The van der Waals surface area contributed by atoms with E-state index in [0.717, 1.165) is 5.56 Å². The second-order valence-electron chi connectivity index (χ2n) is 6.20. The van der Waals surface area contributed by atoms with Crippen LogP contribution in [0, 0.1) is 0 Å². The molecule has 132 valence electrons. The third-order valence-electron chi connectivity index (χ3n) is 4.62. The molecule has 0 radical (unpaired) electrons. The summed E-state index contributed by atoms with van der Waals surface area (Å²) < 4.78 is 5.80. The lowest BCUT2D eigenvalue weighted by atomic mass is 9.98. The Morgan fingerprint density at radius 3 is 2.54 bits per heavy atom. The van der Waals surface area contributed by atoms with E-state index in [1.165, 1.54) is 0 Å². The van der Waals surface area contributed by atoms with Gasteiger partial charge in [-0.05, 0) is 36.2 Å². The molecular weight excluding hydrogens is 354 g/mol. The van der Waals surface area contributed by atoms with Gasteiger partial charge in [-0.25, -0.2) is 0 Å². The highest BCUT2D eigenvalue weighted by molar-refractivity contribution is 6.30. The van der Waals surface area contributed by atoms with Gasteiger partial charge in [0.1, 0.15) is 5.58 Å². The Labute approximate surface area is 154 Å². The smallest absolute Gasteiger partial charge is 0.290 e. The Bertz CT molecular complexity index is 1040. The first-order chi connectivity index (χ1) is 12.6. The molecule has 0 saturated carbocycles. The molecule has 3 aromatic rings. The number of carbonyl (C=O) groups is 1. The van der Waals surface area contributed by atoms with Crippen molar-refractivity contribution in [2.24, 2.45) is 0 Å². The summed E-state index contributed by atoms with van der Waals surface area (Å²) in [6, 6.07) is 13.4. The Balaban J connectivity index is 1.96. The van der Waals surface area contributed by atoms with Crippen molar-refractivity contribution in [3.05, 3.63) is 80.7 Å². The molecule has 0 saturated heterocycles. The molecule has 5 nitrogen and oxygen atoms in total. The van der Waals surface area contributed by atoms with E-state index in [4.69, 9.17) is 16.0 Å². The predicted molar refractivity (Wildman–Crippen MR) is 98.5 cm³/mol. The largest absolute Gasteiger partial charge is 0.450 e. The molecule has 1 aliphatic heterocycles. The zero-order valence-electron chi connectivity index (χ0n) is 13.8. The molecule has 1 amide bonds. The fourth-order valence-corrected chi connectivity index (χ4v) is 3.56. The molecule has 1 aromatic heterocycles. The number of nitrogens with zero attached hydrogens (tertiary/aromatic N) is 1. The van der Waals surface area contributed by atoms with E-state index >= 15 is 0 Å². The summed E-state index contributed by atoms with van der Waals surface area (Å²) in [6.07, 6.45) is 0.414. The minimum absolute atomic E-state index is 0.0448. The van der Waals surface area contributed by atoms with Crippen molar-refractivity contribution >= 4 is 28.5 Å². The maximum Gasteiger partial charge on any atom is 0.290 e. The van der Waals surface area contributed by atoms with Gasteiger partial charge in [0.2, 0.25) is 5.76 Å². The number of rotatable bonds is 4. The third-order valence-corrected chi connectivity index (χ3v) is 4.87. The van der Waals surface area contributed by atoms with Crippen molar-refractivity contribution < 1.29 is 14.3 Å². The number of aliphatic hydroxyl groups is 1. The van der Waals surface area contributed by atoms with Crippen molar-refractivity contribution in [3.8, 4) is 0 Å². The predicted octanol–water partition coefficient (Wildman–Crippen LogP) is 3.37. The molecule has 1 atom stereocenters. The van der Waals surface area contributed by atoms with Gasteiger partial charge in [-0.1, -0.05) is 35.9 Å². The normalized spacial score (nSPS) is 16.3. The van der Waals surface area contributed by atoms with Crippen LogP contribution in [0.4, 0.5) is 0 Å². The highest BCUT2D eigenvalue weighted by atomic mass is 35.5. The summed E-state index contributed by atoms with van der Waals surface area (Å²) in [6.45, 7) is 0.277. The van der Waals surface area contributed by atoms with Crippen LogP contribution in [0.2, 0.25) is 5.02 Å². The van der Waals surface area contributed by atoms with E-state index < -0.39 is 6.04 Å². The first kappa shape index (κ1) is 16.8.